The van der Waals surface area contributed by atoms with Gasteiger partial charge in [-0.25, -0.2) is 0 Å². The predicted molar refractivity (Wildman–Crippen MR) is 108 cm³/mol. The highest BCUT2D eigenvalue weighted by molar-refractivity contribution is 7.99. The number of hydrogen-bond donors (Lipinski definition) is 0. The van der Waals surface area contributed by atoms with Gasteiger partial charge in [0, 0.05) is 0 Å². The highest BCUT2D eigenvalue weighted by atomic mass is 32.2. The minimum absolute atomic E-state index is 0.00873. The van der Waals surface area contributed by atoms with Crippen molar-refractivity contribution in [2.45, 2.75) is 51.3 Å². The number of carbonyl (C=O) groups excluding carboxylic acids is 1. The number of methoxy groups -OCH3 is 1. The van der Waals surface area contributed by atoms with Crippen LogP contribution in [0.15, 0.2) is 29.4 Å². The molecule has 2 aromatic rings. The Morgan fingerprint density at radius 3 is 2.71 bits per heavy atom. The third-order valence-electron chi connectivity index (χ3n) is 5.32. The first-order chi connectivity index (χ1) is 13.5. The number of tetrazole rings is 1. The van der Waals surface area contributed by atoms with Gasteiger partial charge < -0.3 is 9.47 Å². The van der Waals surface area contributed by atoms with Gasteiger partial charge in [-0.3, -0.25) is 4.79 Å². The van der Waals surface area contributed by atoms with Gasteiger partial charge in [-0.1, -0.05) is 39.0 Å². The molecular formula is C20H28N4O3S. The second kappa shape index (κ2) is 9.41. The Hall–Kier alpha value is -2.09. The second-order valence-electron chi connectivity index (χ2n) is 7.71. The van der Waals surface area contributed by atoms with E-state index >= 15 is 0 Å². The Labute approximate surface area is 170 Å². The molecule has 8 heteroatoms. The van der Waals surface area contributed by atoms with Crippen LogP contribution in [-0.2, 0) is 9.53 Å². The van der Waals surface area contributed by atoms with Crippen molar-refractivity contribution in [3.8, 4) is 11.4 Å². The summed E-state index contributed by atoms with van der Waals surface area (Å²) < 4.78 is 12.6. The molecular weight excluding hydrogens is 376 g/mol. The van der Waals surface area contributed by atoms with E-state index in [9.17, 15) is 4.79 Å². The van der Waals surface area contributed by atoms with Crippen LogP contribution in [0.4, 0.5) is 0 Å². The summed E-state index contributed by atoms with van der Waals surface area (Å²) in [4.78, 5) is 12.5. The first-order valence-electron chi connectivity index (χ1n) is 9.73. The number of carbonyl (C=O) groups is 1. The van der Waals surface area contributed by atoms with Crippen LogP contribution in [0.3, 0.4) is 0 Å². The van der Waals surface area contributed by atoms with Crippen LogP contribution in [0.5, 0.6) is 5.75 Å². The van der Waals surface area contributed by atoms with Crippen LogP contribution < -0.4 is 4.74 Å². The summed E-state index contributed by atoms with van der Waals surface area (Å²) in [5, 5.41) is 12.4. The van der Waals surface area contributed by atoms with Crippen molar-refractivity contribution in [2.75, 3.05) is 12.9 Å². The van der Waals surface area contributed by atoms with Gasteiger partial charge in [0.15, 0.2) is 0 Å². The van der Waals surface area contributed by atoms with Crippen LogP contribution in [0, 0.1) is 17.8 Å². The maximum atomic E-state index is 12.5. The normalized spacial score (nSPS) is 22.2. The molecule has 1 heterocycles. The van der Waals surface area contributed by atoms with E-state index in [1.54, 1.807) is 11.8 Å². The molecule has 3 atom stereocenters. The number of nitrogens with zero attached hydrogens (tertiary/aromatic N) is 4. The van der Waals surface area contributed by atoms with Gasteiger partial charge in [0.2, 0.25) is 5.16 Å². The Morgan fingerprint density at radius 2 is 2.04 bits per heavy atom. The lowest BCUT2D eigenvalue weighted by Gasteiger charge is -2.36. The molecule has 1 aromatic heterocycles. The van der Waals surface area contributed by atoms with Crippen molar-refractivity contribution in [2.24, 2.45) is 17.8 Å². The fraction of sp³-hybridized carbons (Fsp3) is 0.600. The van der Waals surface area contributed by atoms with Crippen molar-refractivity contribution in [3.05, 3.63) is 24.3 Å². The summed E-state index contributed by atoms with van der Waals surface area (Å²) in [5.41, 5.74) is 0.808. The largest absolute Gasteiger partial charge is 0.497 e. The van der Waals surface area contributed by atoms with E-state index < -0.39 is 0 Å². The van der Waals surface area contributed by atoms with E-state index in [1.807, 2.05) is 24.3 Å². The van der Waals surface area contributed by atoms with E-state index in [0.29, 0.717) is 22.9 Å². The Bertz CT molecular complexity index is 778. The Balaban J connectivity index is 1.59. The second-order valence-corrected chi connectivity index (χ2v) is 8.66. The monoisotopic (exact) mass is 404 g/mol. The number of aromatic nitrogens is 4. The summed E-state index contributed by atoms with van der Waals surface area (Å²) in [6.07, 6.45) is 3.29. The fourth-order valence-electron chi connectivity index (χ4n) is 3.73. The quantitative estimate of drug-likeness (QED) is 0.513. The molecule has 0 unspecified atom stereocenters. The van der Waals surface area contributed by atoms with Crippen LogP contribution in [0.2, 0.25) is 0 Å². The molecule has 0 N–H and O–H groups in total. The predicted octanol–water partition coefficient (Wildman–Crippen LogP) is 3.77. The summed E-state index contributed by atoms with van der Waals surface area (Å²) >= 11 is 1.29. The molecule has 1 fully saturated rings. The fourth-order valence-corrected chi connectivity index (χ4v) is 4.40. The number of ether oxygens (including phenoxy) is 2. The molecule has 0 aliphatic heterocycles. The number of esters is 1. The molecule has 3 rings (SSSR count). The van der Waals surface area contributed by atoms with Gasteiger partial charge in [-0.2, -0.15) is 4.68 Å². The first-order valence-corrected chi connectivity index (χ1v) is 10.7. The number of thioether (sulfide) groups is 1. The Kier molecular flexibility index (Phi) is 6.93. The molecule has 0 radical (unpaired) electrons. The van der Waals surface area contributed by atoms with E-state index in [1.165, 1.54) is 18.2 Å². The molecule has 0 bridgehead atoms. The Morgan fingerprint density at radius 1 is 1.29 bits per heavy atom. The van der Waals surface area contributed by atoms with Crippen LogP contribution in [0.1, 0.15) is 40.0 Å². The van der Waals surface area contributed by atoms with Crippen LogP contribution in [-0.4, -0.2) is 45.1 Å². The van der Waals surface area contributed by atoms with Crippen molar-refractivity contribution < 1.29 is 14.3 Å². The maximum absolute atomic E-state index is 12.5. The summed E-state index contributed by atoms with van der Waals surface area (Å²) in [6.45, 7) is 6.65. The molecule has 28 heavy (non-hydrogen) atoms. The maximum Gasteiger partial charge on any atom is 0.316 e. The number of benzene rings is 1. The zero-order valence-electron chi connectivity index (χ0n) is 16.9. The van der Waals surface area contributed by atoms with E-state index in [0.717, 1.165) is 24.3 Å². The molecule has 1 saturated carbocycles. The zero-order chi connectivity index (χ0) is 20.1. The highest BCUT2D eigenvalue weighted by Crippen LogP contribution is 2.35. The zero-order valence-corrected chi connectivity index (χ0v) is 17.7. The van der Waals surface area contributed by atoms with Gasteiger partial charge in [0.25, 0.3) is 0 Å². The SMILES string of the molecule is COc1ccc(-n2nnnc2SCC(=O)O[C@@H]2C[C@H](C)CC[C@@H]2C(C)C)cc1. The van der Waals surface area contributed by atoms with Crippen molar-refractivity contribution in [1.82, 2.24) is 20.2 Å². The van der Waals surface area contributed by atoms with E-state index in [-0.39, 0.29) is 17.8 Å². The molecule has 0 spiro atoms. The third-order valence-corrected chi connectivity index (χ3v) is 6.21. The van der Waals surface area contributed by atoms with E-state index in [2.05, 4.69) is 36.3 Å². The van der Waals surface area contributed by atoms with Crippen molar-refractivity contribution in [3.63, 3.8) is 0 Å². The van der Waals surface area contributed by atoms with Crippen molar-refractivity contribution >= 4 is 17.7 Å². The molecule has 1 aliphatic carbocycles. The van der Waals surface area contributed by atoms with Crippen molar-refractivity contribution in [1.29, 1.82) is 0 Å². The van der Waals surface area contributed by atoms with Crippen LogP contribution >= 0.6 is 11.8 Å². The first kappa shape index (κ1) is 20.6. The van der Waals surface area contributed by atoms with Gasteiger partial charge in [-0.05, 0) is 65.3 Å². The number of hydrogen-bond acceptors (Lipinski definition) is 7. The molecule has 1 aromatic carbocycles. The van der Waals surface area contributed by atoms with E-state index in [4.69, 9.17) is 9.47 Å². The average Bonchev–Trinajstić information content (AvgIpc) is 3.15. The molecule has 0 saturated heterocycles. The molecule has 0 amide bonds. The minimum Gasteiger partial charge on any atom is -0.497 e. The average molecular weight is 405 g/mol. The van der Waals surface area contributed by atoms with Gasteiger partial charge in [-0.15, -0.1) is 5.10 Å². The lowest BCUT2D eigenvalue weighted by Crippen LogP contribution is -2.36. The highest BCUT2D eigenvalue weighted by Gasteiger charge is 2.33. The summed E-state index contributed by atoms with van der Waals surface area (Å²) in [5.74, 6) is 2.29. The molecule has 1 aliphatic rings. The lowest BCUT2D eigenvalue weighted by atomic mass is 9.75. The topological polar surface area (TPSA) is 79.1 Å². The summed E-state index contributed by atoms with van der Waals surface area (Å²) in [6, 6.07) is 7.43. The minimum atomic E-state index is -0.209. The molecule has 7 nitrogen and oxygen atoms in total. The van der Waals surface area contributed by atoms with Gasteiger partial charge in [0.1, 0.15) is 11.9 Å². The smallest absolute Gasteiger partial charge is 0.316 e. The van der Waals surface area contributed by atoms with Crippen LogP contribution in [0.25, 0.3) is 5.69 Å². The van der Waals surface area contributed by atoms with Gasteiger partial charge >= 0.3 is 5.97 Å². The standard InChI is InChI=1S/C20H28N4O3S/c1-13(2)17-10-5-14(3)11-18(17)27-19(25)12-28-20-21-22-23-24(20)15-6-8-16(26-4)9-7-15/h6-9,13-14,17-18H,5,10-12H2,1-4H3/t14-,17-,18-/m1/s1. The third kappa shape index (κ3) is 5.04. The lowest BCUT2D eigenvalue weighted by molar-refractivity contribution is -0.152. The van der Waals surface area contributed by atoms with Gasteiger partial charge in [0.05, 0.1) is 18.6 Å². The summed E-state index contributed by atoms with van der Waals surface area (Å²) in [7, 11) is 1.62. The molecule has 152 valence electrons. The number of rotatable bonds is 7.